The molecule has 0 aromatic heterocycles. The van der Waals surface area contributed by atoms with Gasteiger partial charge < -0.3 is 11.1 Å². The van der Waals surface area contributed by atoms with Crippen LogP contribution in [0.3, 0.4) is 0 Å². The summed E-state index contributed by atoms with van der Waals surface area (Å²) in [6.07, 6.45) is 0.893. The minimum absolute atomic E-state index is 0.0427. The SMILES string of the molecule is Cc1cc(NC(=O)CCC(C)(C)N)ccc1[N+](=O)[O-]. The molecule has 1 amide bonds. The Labute approximate surface area is 112 Å². The number of benzene rings is 1. The van der Waals surface area contributed by atoms with Crippen molar-refractivity contribution in [2.24, 2.45) is 5.73 Å². The van der Waals surface area contributed by atoms with Gasteiger partial charge in [0.2, 0.25) is 5.91 Å². The Balaban J connectivity index is 2.65. The number of nitrogens with zero attached hydrogens (tertiary/aromatic N) is 1. The first-order valence-corrected chi connectivity index (χ1v) is 6.03. The van der Waals surface area contributed by atoms with E-state index in [0.29, 0.717) is 24.1 Å². The molecule has 6 heteroatoms. The van der Waals surface area contributed by atoms with E-state index in [9.17, 15) is 14.9 Å². The fourth-order valence-corrected chi connectivity index (χ4v) is 1.60. The summed E-state index contributed by atoms with van der Waals surface area (Å²) in [5.41, 5.74) is 6.53. The molecule has 19 heavy (non-hydrogen) atoms. The number of nitrogens with two attached hydrogens (primary N) is 1. The molecule has 0 saturated heterocycles. The van der Waals surface area contributed by atoms with Crippen LogP contribution < -0.4 is 11.1 Å². The molecule has 1 aromatic carbocycles. The summed E-state index contributed by atoms with van der Waals surface area (Å²) < 4.78 is 0. The van der Waals surface area contributed by atoms with Gasteiger partial charge in [0.15, 0.2) is 0 Å². The number of rotatable bonds is 5. The van der Waals surface area contributed by atoms with Crippen LogP contribution in [0.15, 0.2) is 18.2 Å². The summed E-state index contributed by atoms with van der Waals surface area (Å²) >= 11 is 0. The highest BCUT2D eigenvalue weighted by Crippen LogP contribution is 2.21. The van der Waals surface area contributed by atoms with E-state index in [2.05, 4.69) is 5.32 Å². The van der Waals surface area contributed by atoms with E-state index in [1.807, 2.05) is 13.8 Å². The summed E-state index contributed by atoms with van der Waals surface area (Å²) in [4.78, 5) is 21.9. The van der Waals surface area contributed by atoms with Crippen LogP contribution in [0.25, 0.3) is 0 Å². The van der Waals surface area contributed by atoms with Crippen molar-refractivity contribution in [2.75, 3.05) is 5.32 Å². The van der Waals surface area contributed by atoms with E-state index in [4.69, 9.17) is 5.73 Å². The Hall–Kier alpha value is -1.95. The van der Waals surface area contributed by atoms with Crippen LogP contribution in [0, 0.1) is 17.0 Å². The van der Waals surface area contributed by atoms with Gasteiger partial charge in [-0.2, -0.15) is 0 Å². The molecule has 0 heterocycles. The Morgan fingerprint density at radius 1 is 1.47 bits per heavy atom. The maximum absolute atomic E-state index is 11.7. The van der Waals surface area contributed by atoms with E-state index in [1.54, 1.807) is 13.0 Å². The van der Waals surface area contributed by atoms with E-state index in [-0.39, 0.29) is 17.1 Å². The number of hydrogen-bond acceptors (Lipinski definition) is 4. The number of anilines is 1. The third kappa shape index (κ3) is 5.05. The molecule has 0 bridgehead atoms. The standard InChI is InChI=1S/C13H19N3O3/c1-9-8-10(4-5-11(9)16(18)19)15-12(17)6-7-13(2,3)14/h4-5,8H,6-7,14H2,1-3H3,(H,15,17). The van der Waals surface area contributed by atoms with Gasteiger partial charge in [-0.15, -0.1) is 0 Å². The van der Waals surface area contributed by atoms with Gasteiger partial charge >= 0.3 is 0 Å². The lowest BCUT2D eigenvalue weighted by molar-refractivity contribution is -0.385. The smallest absolute Gasteiger partial charge is 0.272 e. The Bertz CT molecular complexity index is 492. The molecule has 0 radical (unpaired) electrons. The number of nitrogens with one attached hydrogen (secondary N) is 1. The molecule has 0 unspecified atom stereocenters. The van der Waals surface area contributed by atoms with Crippen molar-refractivity contribution in [1.29, 1.82) is 0 Å². The Morgan fingerprint density at radius 2 is 2.11 bits per heavy atom. The van der Waals surface area contributed by atoms with Gasteiger partial charge in [0, 0.05) is 29.3 Å². The summed E-state index contributed by atoms with van der Waals surface area (Å²) in [7, 11) is 0. The van der Waals surface area contributed by atoms with Crippen LogP contribution in [-0.2, 0) is 4.79 Å². The summed E-state index contributed by atoms with van der Waals surface area (Å²) in [5, 5.41) is 13.4. The molecular weight excluding hydrogens is 246 g/mol. The maximum Gasteiger partial charge on any atom is 0.272 e. The second-order valence-corrected chi connectivity index (χ2v) is 5.30. The first-order valence-electron chi connectivity index (χ1n) is 6.03. The molecular formula is C13H19N3O3. The zero-order valence-electron chi connectivity index (χ0n) is 11.4. The number of hydrogen-bond donors (Lipinski definition) is 2. The second kappa shape index (κ2) is 5.79. The van der Waals surface area contributed by atoms with Crippen molar-refractivity contribution in [3.05, 3.63) is 33.9 Å². The normalized spacial score (nSPS) is 11.2. The zero-order valence-corrected chi connectivity index (χ0v) is 11.4. The lowest BCUT2D eigenvalue weighted by Gasteiger charge is -2.17. The molecule has 6 nitrogen and oxygen atoms in total. The maximum atomic E-state index is 11.7. The fraction of sp³-hybridized carbons (Fsp3) is 0.462. The number of carbonyl (C=O) groups excluding carboxylic acids is 1. The van der Waals surface area contributed by atoms with Gasteiger partial charge in [-0.3, -0.25) is 14.9 Å². The highest BCUT2D eigenvalue weighted by molar-refractivity contribution is 5.91. The highest BCUT2D eigenvalue weighted by Gasteiger charge is 2.14. The Kier molecular flexibility index (Phi) is 4.61. The summed E-state index contributed by atoms with van der Waals surface area (Å²) in [6.45, 7) is 5.35. The van der Waals surface area contributed by atoms with E-state index in [0.717, 1.165) is 0 Å². The van der Waals surface area contributed by atoms with Crippen molar-refractivity contribution in [3.63, 3.8) is 0 Å². The minimum atomic E-state index is -0.447. The molecule has 104 valence electrons. The Morgan fingerprint density at radius 3 is 2.58 bits per heavy atom. The van der Waals surface area contributed by atoms with Crippen molar-refractivity contribution in [1.82, 2.24) is 0 Å². The zero-order chi connectivity index (χ0) is 14.6. The predicted molar refractivity (Wildman–Crippen MR) is 74.0 cm³/mol. The first kappa shape index (κ1) is 15.1. The molecule has 0 atom stereocenters. The average Bonchev–Trinajstić information content (AvgIpc) is 2.25. The van der Waals surface area contributed by atoms with Crippen LogP contribution >= 0.6 is 0 Å². The average molecular weight is 265 g/mol. The van der Waals surface area contributed by atoms with Crippen LogP contribution in [0.5, 0.6) is 0 Å². The second-order valence-electron chi connectivity index (χ2n) is 5.30. The van der Waals surface area contributed by atoms with Crippen LogP contribution in [0.4, 0.5) is 11.4 Å². The third-order valence-electron chi connectivity index (χ3n) is 2.67. The number of nitro groups is 1. The van der Waals surface area contributed by atoms with Gasteiger partial charge in [-0.1, -0.05) is 0 Å². The lowest BCUT2D eigenvalue weighted by Crippen LogP contribution is -2.33. The van der Waals surface area contributed by atoms with Crippen LogP contribution in [0.1, 0.15) is 32.3 Å². The van der Waals surface area contributed by atoms with Gasteiger partial charge in [0.05, 0.1) is 4.92 Å². The number of carbonyl (C=O) groups is 1. The fourth-order valence-electron chi connectivity index (χ4n) is 1.60. The molecule has 0 aliphatic rings. The molecule has 1 aromatic rings. The minimum Gasteiger partial charge on any atom is -0.326 e. The lowest BCUT2D eigenvalue weighted by atomic mass is 10.00. The number of nitro benzene ring substituents is 1. The van der Waals surface area contributed by atoms with Gasteiger partial charge in [0.1, 0.15) is 0 Å². The first-order chi connectivity index (χ1) is 8.69. The van der Waals surface area contributed by atoms with E-state index in [1.165, 1.54) is 12.1 Å². The van der Waals surface area contributed by atoms with Crippen molar-refractivity contribution >= 4 is 17.3 Å². The van der Waals surface area contributed by atoms with Crippen molar-refractivity contribution in [2.45, 2.75) is 39.2 Å². The number of aryl methyl sites for hydroxylation is 1. The van der Waals surface area contributed by atoms with E-state index >= 15 is 0 Å². The molecule has 0 fully saturated rings. The summed E-state index contributed by atoms with van der Waals surface area (Å²) in [6, 6.07) is 4.50. The van der Waals surface area contributed by atoms with Gasteiger partial charge in [-0.25, -0.2) is 0 Å². The largest absolute Gasteiger partial charge is 0.326 e. The monoisotopic (exact) mass is 265 g/mol. The molecule has 0 saturated carbocycles. The predicted octanol–water partition coefficient (Wildman–Crippen LogP) is 2.36. The van der Waals surface area contributed by atoms with Gasteiger partial charge in [0.25, 0.3) is 5.69 Å². The van der Waals surface area contributed by atoms with Gasteiger partial charge in [-0.05, 0) is 39.3 Å². The van der Waals surface area contributed by atoms with E-state index < -0.39 is 4.92 Å². The highest BCUT2D eigenvalue weighted by atomic mass is 16.6. The molecule has 0 spiro atoms. The van der Waals surface area contributed by atoms with Crippen molar-refractivity contribution in [3.8, 4) is 0 Å². The molecule has 0 aliphatic carbocycles. The van der Waals surface area contributed by atoms with Crippen LogP contribution in [-0.4, -0.2) is 16.4 Å². The quantitative estimate of drug-likeness (QED) is 0.630. The molecule has 1 rings (SSSR count). The topological polar surface area (TPSA) is 98.3 Å². The molecule has 3 N–H and O–H groups in total. The third-order valence-corrected chi connectivity index (χ3v) is 2.67. The number of amides is 1. The molecule has 0 aliphatic heterocycles. The van der Waals surface area contributed by atoms with Crippen LogP contribution in [0.2, 0.25) is 0 Å². The summed E-state index contributed by atoms with van der Waals surface area (Å²) in [5.74, 6) is -0.147. The van der Waals surface area contributed by atoms with Crippen molar-refractivity contribution < 1.29 is 9.72 Å².